The van der Waals surface area contributed by atoms with E-state index in [0.717, 1.165) is 11.0 Å². The lowest BCUT2D eigenvalue weighted by Crippen LogP contribution is -1.99. The summed E-state index contributed by atoms with van der Waals surface area (Å²) in [6.45, 7) is 4.29. The van der Waals surface area contributed by atoms with Crippen LogP contribution in [0.3, 0.4) is 0 Å². The highest BCUT2D eigenvalue weighted by molar-refractivity contribution is 6.09. The van der Waals surface area contributed by atoms with Crippen molar-refractivity contribution in [3.05, 3.63) is 66.0 Å². The van der Waals surface area contributed by atoms with Crippen LogP contribution in [0.5, 0.6) is 0 Å². The fraction of sp³-hybridized carbons (Fsp3) is 0.111. The molecule has 2 aromatic heterocycles. The van der Waals surface area contributed by atoms with Crippen molar-refractivity contribution in [3.63, 3.8) is 0 Å². The largest absolute Gasteiger partial charge is 0.278 e. The topological polar surface area (TPSA) is 30.7 Å². The Morgan fingerprint density at radius 2 is 1.48 bits per heavy atom. The summed E-state index contributed by atoms with van der Waals surface area (Å²) in [4.78, 5) is 8.85. The second kappa shape index (κ2) is 4.42. The Bertz CT molecular complexity index is 952. The molecule has 3 nitrogen and oxygen atoms in total. The van der Waals surface area contributed by atoms with Gasteiger partial charge in [0.2, 0.25) is 5.95 Å². The van der Waals surface area contributed by atoms with Gasteiger partial charge in [0.05, 0.1) is 11.0 Å². The Morgan fingerprint density at radius 3 is 2.29 bits per heavy atom. The van der Waals surface area contributed by atoms with Gasteiger partial charge in [-0.25, -0.2) is 9.97 Å². The first-order valence-corrected chi connectivity index (χ1v) is 7.03. The van der Waals surface area contributed by atoms with Crippen molar-refractivity contribution in [1.82, 2.24) is 14.5 Å². The van der Waals surface area contributed by atoms with Crippen LogP contribution in [0.15, 0.2) is 54.9 Å². The molecule has 0 aliphatic heterocycles. The molecule has 21 heavy (non-hydrogen) atoms. The molecule has 0 bridgehead atoms. The SMILES string of the molecule is Cc1cc2c3ccccc3n(-c3ncccn3)c2cc1C. The smallest absolute Gasteiger partial charge is 0.234 e. The number of benzene rings is 2. The molecule has 0 N–H and O–H groups in total. The standard InChI is InChI=1S/C18H15N3/c1-12-10-15-14-6-3-4-7-16(14)21(17(15)11-13(12)2)18-19-8-5-9-20-18/h3-11H,1-2H3. The number of fused-ring (bicyclic) bond motifs is 3. The third kappa shape index (κ3) is 1.74. The Hall–Kier alpha value is -2.68. The molecule has 0 saturated heterocycles. The lowest BCUT2D eigenvalue weighted by Gasteiger charge is -2.06. The predicted molar refractivity (Wildman–Crippen MR) is 85.8 cm³/mol. The van der Waals surface area contributed by atoms with Gasteiger partial charge in [0.1, 0.15) is 0 Å². The van der Waals surface area contributed by atoms with Crippen LogP contribution in [0.25, 0.3) is 27.8 Å². The molecule has 0 aliphatic carbocycles. The number of nitrogens with zero attached hydrogens (tertiary/aromatic N) is 3. The molecule has 0 spiro atoms. The molecule has 0 aliphatic rings. The third-order valence-corrected chi connectivity index (χ3v) is 4.04. The van der Waals surface area contributed by atoms with Gasteiger partial charge in [0.15, 0.2) is 0 Å². The van der Waals surface area contributed by atoms with Gasteiger partial charge < -0.3 is 0 Å². The minimum atomic E-state index is 0.715. The third-order valence-electron chi connectivity index (χ3n) is 4.04. The summed E-state index contributed by atoms with van der Waals surface area (Å²) in [6.07, 6.45) is 3.56. The molecule has 0 amide bonds. The van der Waals surface area contributed by atoms with Crippen molar-refractivity contribution in [2.24, 2.45) is 0 Å². The van der Waals surface area contributed by atoms with E-state index in [1.165, 1.54) is 21.9 Å². The van der Waals surface area contributed by atoms with Gasteiger partial charge in [-0.2, -0.15) is 0 Å². The molecule has 0 saturated carbocycles. The molecule has 102 valence electrons. The lowest BCUT2D eigenvalue weighted by atomic mass is 10.1. The van der Waals surface area contributed by atoms with E-state index < -0.39 is 0 Å². The van der Waals surface area contributed by atoms with Crippen molar-refractivity contribution in [2.75, 3.05) is 0 Å². The van der Waals surface area contributed by atoms with Gasteiger partial charge in [-0.3, -0.25) is 4.57 Å². The maximum Gasteiger partial charge on any atom is 0.234 e. The fourth-order valence-corrected chi connectivity index (χ4v) is 2.85. The molecule has 0 unspecified atom stereocenters. The molecule has 2 aromatic carbocycles. The quantitative estimate of drug-likeness (QED) is 0.520. The van der Waals surface area contributed by atoms with Crippen molar-refractivity contribution in [2.45, 2.75) is 13.8 Å². The van der Waals surface area contributed by atoms with E-state index in [1.54, 1.807) is 12.4 Å². The maximum atomic E-state index is 4.43. The summed E-state index contributed by atoms with van der Waals surface area (Å²) in [5.74, 6) is 0.715. The minimum Gasteiger partial charge on any atom is -0.278 e. The number of aryl methyl sites for hydroxylation is 2. The summed E-state index contributed by atoms with van der Waals surface area (Å²) >= 11 is 0. The monoisotopic (exact) mass is 273 g/mol. The van der Waals surface area contributed by atoms with Crippen LogP contribution in [-0.2, 0) is 0 Å². The molecular formula is C18H15N3. The second-order valence-corrected chi connectivity index (χ2v) is 5.35. The summed E-state index contributed by atoms with van der Waals surface area (Å²) in [5.41, 5.74) is 4.89. The second-order valence-electron chi connectivity index (χ2n) is 5.35. The van der Waals surface area contributed by atoms with Crippen LogP contribution < -0.4 is 0 Å². The van der Waals surface area contributed by atoms with Crippen LogP contribution >= 0.6 is 0 Å². The lowest BCUT2D eigenvalue weighted by molar-refractivity contribution is 0.987. The molecule has 4 rings (SSSR count). The number of rotatable bonds is 1. The summed E-state index contributed by atoms with van der Waals surface area (Å²) in [6, 6.07) is 14.7. The molecular weight excluding hydrogens is 258 g/mol. The van der Waals surface area contributed by atoms with E-state index in [4.69, 9.17) is 0 Å². The zero-order valence-electron chi connectivity index (χ0n) is 12.0. The van der Waals surface area contributed by atoms with E-state index in [9.17, 15) is 0 Å². The first-order valence-electron chi connectivity index (χ1n) is 7.03. The van der Waals surface area contributed by atoms with Gasteiger partial charge in [-0.05, 0) is 49.2 Å². The van der Waals surface area contributed by atoms with E-state index in [-0.39, 0.29) is 0 Å². The van der Waals surface area contributed by atoms with Gasteiger partial charge >= 0.3 is 0 Å². The maximum absolute atomic E-state index is 4.43. The zero-order valence-corrected chi connectivity index (χ0v) is 12.0. The van der Waals surface area contributed by atoms with Crippen molar-refractivity contribution < 1.29 is 0 Å². The molecule has 0 radical (unpaired) electrons. The van der Waals surface area contributed by atoms with E-state index in [1.807, 2.05) is 6.07 Å². The predicted octanol–water partition coefficient (Wildman–Crippen LogP) is 4.19. The van der Waals surface area contributed by atoms with Crippen molar-refractivity contribution in [3.8, 4) is 5.95 Å². The van der Waals surface area contributed by atoms with Crippen LogP contribution in [0.1, 0.15) is 11.1 Å². The average molecular weight is 273 g/mol. The highest BCUT2D eigenvalue weighted by Gasteiger charge is 2.14. The van der Waals surface area contributed by atoms with Crippen LogP contribution in [-0.4, -0.2) is 14.5 Å². The minimum absolute atomic E-state index is 0.715. The molecule has 4 aromatic rings. The average Bonchev–Trinajstić information content (AvgIpc) is 2.82. The highest BCUT2D eigenvalue weighted by atomic mass is 15.1. The fourth-order valence-electron chi connectivity index (χ4n) is 2.85. The zero-order chi connectivity index (χ0) is 14.4. The van der Waals surface area contributed by atoms with E-state index in [2.05, 4.69) is 64.8 Å². The first kappa shape index (κ1) is 12.1. The van der Waals surface area contributed by atoms with Gasteiger partial charge in [0, 0.05) is 23.2 Å². The number of hydrogen-bond donors (Lipinski definition) is 0. The summed E-state index contributed by atoms with van der Waals surface area (Å²) in [5, 5.41) is 2.49. The number of aromatic nitrogens is 3. The molecule has 3 heteroatoms. The molecule has 0 atom stereocenters. The summed E-state index contributed by atoms with van der Waals surface area (Å²) < 4.78 is 2.14. The Morgan fingerprint density at radius 1 is 0.762 bits per heavy atom. The van der Waals surface area contributed by atoms with Crippen LogP contribution in [0, 0.1) is 13.8 Å². The Balaban J connectivity index is 2.24. The number of para-hydroxylation sites is 1. The Labute approximate surface area is 122 Å². The van der Waals surface area contributed by atoms with Crippen molar-refractivity contribution >= 4 is 21.8 Å². The van der Waals surface area contributed by atoms with Gasteiger partial charge in [-0.1, -0.05) is 18.2 Å². The first-order chi connectivity index (χ1) is 10.3. The van der Waals surface area contributed by atoms with Crippen LogP contribution in [0.2, 0.25) is 0 Å². The molecule has 0 fully saturated rings. The van der Waals surface area contributed by atoms with Gasteiger partial charge in [-0.15, -0.1) is 0 Å². The normalized spacial score (nSPS) is 11.3. The Kier molecular flexibility index (Phi) is 2.54. The van der Waals surface area contributed by atoms with Crippen molar-refractivity contribution in [1.29, 1.82) is 0 Å². The van der Waals surface area contributed by atoms with E-state index >= 15 is 0 Å². The number of hydrogen-bond acceptors (Lipinski definition) is 2. The van der Waals surface area contributed by atoms with Gasteiger partial charge in [0.25, 0.3) is 0 Å². The van der Waals surface area contributed by atoms with Crippen LogP contribution in [0.4, 0.5) is 0 Å². The molecule has 2 heterocycles. The highest BCUT2D eigenvalue weighted by Crippen LogP contribution is 2.32. The van der Waals surface area contributed by atoms with E-state index in [0.29, 0.717) is 5.95 Å². The summed E-state index contributed by atoms with van der Waals surface area (Å²) in [7, 11) is 0.